The molecule has 13 heteroatoms. The number of nitrogens with zero attached hydrogens (tertiary/aromatic N) is 3. The van der Waals surface area contributed by atoms with Crippen LogP contribution in [0, 0.1) is 12.7 Å². The lowest BCUT2D eigenvalue weighted by Crippen LogP contribution is -2.22. The minimum absolute atomic E-state index is 0.0151. The van der Waals surface area contributed by atoms with Gasteiger partial charge in [0.15, 0.2) is 0 Å². The summed E-state index contributed by atoms with van der Waals surface area (Å²) in [4.78, 5) is 51.9. The van der Waals surface area contributed by atoms with E-state index in [0.29, 0.717) is 35.3 Å². The summed E-state index contributed by atoms with van der Waals surface area (Å²) in [6.07, 6.45) is 1.86. The Morgan fingerprint density at radius 3 is 2.66 bits per heavy atom. The maximum absolute atomic E-state index is 14.0. The largest absolute Gasteiger partial charge is 0.469 e. The summed E-state index contributed by atoms with van der Waals surface area (Å²) in [6.45, 7) is 2.75. The van der Waals surface area contributed by atoms with Gasteiger partial charge in [-0.3, -0.25) is 14.1 Å². The molecule has 1 heterocycles. The molecule has 0 saturated carbocycles. The van der Waals surface area contributed by atoms with Gasteiger partial charge in [0, 0.05) is 28.8 Å². The first-order valence-corrected chi connectivity index (χ1v) is 11.5. The highest BCUT2D eigenvalue weighted by atomic mass is 32.2. The van der Waals surface area contributed by atoms with Gasteiger partial charge in [0.25, 0.3) is 0 Å². The molecule has 2 rings (SSSR count). The number of carbonyl (C=O) groups excluding carboxylic acids is 2. The van der Waals surface area contributed by atoms with Gasteiger partial charge in [0.05, 0.1) is 18.7 Å². The molecule has 0 fully saturated rings. The minimum atomic E-state index is -4.74. The molecular formula is C19H22FN4O6PS. The van der Waals surface area contributed by atoms with Crippen LogP contribution >= 0.6 is 19.6 Å². The molecule has 4 N–H and O–H groups in total. The van der Waals surface area contributed by atoms with Crippen molar-refractivity contribution < 1.29 is 32.9 Å². The van der Waals surface area contributed by atoms with E-state index in [1.165, 1.54) is 36.2 Å². The molecule has 32 heavy (non-hydrogen) atoms. The number of halogens is 1. The molecule has 2 aromatic rings. The van der Waals surface area contributed by atoms with Gasteiger partial charge in [0.1, 0.15) is 17.5 Å². The number of allylic oxidation sites excluding steroid dienone is 1. The standard InChI is InChI=1S/C19H22FN4O6PS/c1-12(24(11-25)10-14-9-22-13(2)23-18(14)21)17(7-8-30-31(27,28)29)32-19(26)15-5-3-4-6-16(15)20/h3-6,9,11H,7-8,10H2,1-2H3,(H2,21,22,23)(H2,27,28,29)/b17-12-. The Balaban J connectivity index is 2.34. The number of nitrogen functional groups attached to an aromatic ring is 1. The van der Waals surface area contributed by atoms with E-state index in [4.69, 9.17) is 15.5 Å². The Labute approximate surface area is 187 Å². The molecule has 0 atom stereocenters. The lowest BCUT2D eigenvalue weighted by Gasteiger charge is -2.22. The minimum Gasteiger partial charge on any atom is -0.383 e. The van der Waals surface area contributed by atoms with Crippen LogP contribution in [0.15, 0.2) is 41.1 Å². The fourth-order valence-electron chi connectivity index (χ4n) is 2.57. The van der Waals surface area contributed by atoms with E-state index in [9.17, 15) is 18.5 Å². The summed E-state index contributed by atoms with van der Waals surface area (Å²) in [5.74, 6) is -0.0820. The predicted octanol–water partition coefficient (Wildman–Crippen LogP) is 2.77. The lowest BCUT2D eigenvalue weighted by atomic mass is 10.2. The molecule has 0 radical (unpaired) electrons. The van der Waals surface area contributed by atoms with Gasteiger partial charge >= 0.3 is 7.82 Å². The van der Waals surface area contributed by atoms with Crippen LogP contribution in [0.3, 0.4) is 0 Å². The molecule has 172 valence electrons. The highest BCUT2D eigenvalue weighted by Gasteiger charge is 2.21. The number of phosphoric acid groups is 1. The van der Waals surface area contributed by atoms with Crippen molar-refractivity contribution in [1.29, 1.82) is 0 Å². The summed E-state index contributed by atoms with van der Waals surface area (Å²) in [7, 11) is -4.74. The predicted molar refractivity (Wildman–Crippen MR) is 116 cm³/mol. The molecule has 0 bridgehead atoms. The summed E-state index contributed by atoms with van der Waals surface area (Å²) in [5.41, 5.74) is 6.46. The Morgan fingerprint density at radius 2 is 2.06 bits per heavy atom. The average molecular weight is 484 g/mol. The number of hydrogen-bond acceptors (Lipinski definition) is 8. The van der Waals surface area contributed by atoms with Gasteiger partial charge in [0.2, 0.25) is 11.5 Å². The number of benzene rings is 1. The van der Waals surface area contributed by atoms with Crippen LogP contribution in [0.1, 0.15) is 35.1 Å². The third-order valence-electron chi connectivity index (χ3n) is 4.22. The highest BCUT2D eigenvalue weighted by Crippen LogP contribution is 2.37. The first-order valence-electron chi connectivity index (χ1n) is 9.18. The van der Waals surface area contributed by atoms with Crippen LogP contribution < -0.4 is 5.73 Å². The van der Waals surface area contributed by atoms with Crippen LogP contribution in [-0.2, 0) is 20.4 Å². The first kappa shape index (κ1) is 25.6. The quantitative estimate of drug-likeness (QED) is 0.338. The summed E-state index contributed by atoms with van der Waals surface area (Å²) in [5, 5.41) is -0.641. The lowest BCUT2D eigenvalue weighted by molar-refractivity contribution is -0.116. The second-order valence-corrected chi connectivity index (χ2v) is 8.82. The molecule has 0 unspecified atom stereocenters. The summed E-state index contributed by atoms with van der Waals surface area (Å²) < 4.78 is 29.5. The number of nitrogens with two attached hydrogens (primary N) is 1. The number of rotatable bonds is 10. The van der Waals surface area contributed by atoms with Crippen molar-refractivity contribution in [3.63, 3.8) is 0 Å². The number of anilines is 1. The SMILES string of the molecule is C/C(=C(\CCOP(=O)(O)O)SC(=O)c1ccccc1F)N(C=O)Cc1cnc(C)nc1N. The molecule has 1 aromatic heterocycles. The number of amides is 1. The zero-order valence-corrected chi connectivity index (χ0v) is 19.0. The number of thioether (sulfide) groups is 1. The summed E-state index contributed by atoms with van der Waals surface area (Å²) >= 11 is 0.636. The molecule has 10 nitrogen and oxygen atoms in total. The zero-order valence-electron chi connectivity index (χ0n) is 17.3. The monoisotopic (exact) mass is 484 g/mol. The van der Waals surface area contributed by atoms with Crippen molar-refractivity contribution in [1.82, 2.24) is 14.9 Å². The Morgan fingerprint density at radius 1 is 1.38 bits per heavy atom. The smallest absolute Gasteiger partial charge is 0.383 e. The van der Waals surface area contributed by atoms with E-state index in [1.54, 1.807) is 6.92 Å². The number of hydrogen-bond donors (Lipinski definition) is 3. The van der Waals surface area contributed by atoms with E-state index in [2.05, 4.69) is 14.5 Å². The van der Waals surface area contributed by atoms with Crippen molar-refractivity contribution in [2.75, 3.05) is 12.3 Å². The topological polar surface area (TPSA) is 156 Å². The molecule has 1 aromatic carbocycles. The fraction of sp³-hybridized carbons (Fsp3) is 0.263. The number of phosphoric ester groups is 1. The van der Waals surface area contributed by atoms with Crippen LogP contribution in [-0.4, -0.2) is 42.8 Å². The van der Waals surface area contributed by atoms with Gasteiger partial charge in [-0.1, -0.05) is 12.1 Å². The van der Waals surface area contributed by atoms with Crippen LogP contribution in [0.2, 0.25) is 0 Å². The fourth-order valence-corrected chi connectivity index (χ4v) is 3.85. The summed E-state index contributed by atoms with van der Waals surface area (Å²) in [6, 6.07) is 5.39. The highest BCUT2D eigenvalue weighted by molar-refractivity contribution is 8.17. The molecule has 0 aliphatic heterocycles. The number of aromatic nitrogens is 2. The van der Waals surface area contributed by atoms with Crippen molar-refractivity contribution in [2.45, 2.75) is 26.8 Å². The van der Waals surface area contributed by atoms with Crippen molar-refractivity contribution in [3.05, 3.63) is 63.8 Å². The zero-order chi connectivity index (χ0) is 23.9. The maximum Gasteiger partial charge on any atom is 0.469 e. The van der Waals surface area contributed by atoms with Gasteiger partial charge in [-0.15, -0.1) is 0 Å². The molecule has 0 aliphatic rings. The normalized spacial score (nSPS) is 12.3. The van der Waals surface area contributed by atoms with Gasteiger partial charge < -0.3 is 20.4 Å². The van der Waals surface area contributed by atoms with Crippen LogP contribution in [0.25, 0.3) is 0 Å². The van der Waals surface area contributed by atoms with Crippen molar-refractivity contribution in [2.24, 2.45) is 0 Å². The van der Waals surface area contributed by atoms with Gasteiger partial charge in [-0.2, -0.15) is 0 Å². The molecule has 1 amide bonds. The third kappa shape index (κ3) is 7.50. The Kier molecular flexibility index (Phi) is 9.05. The third-order valence-corrected chi connectivity index (χ3v) is 5.89. The van der Waals surface area contributed by atoms with Gasteiger partial charge in [-0.25, -0.2) is 18.9 Å². The maximum atomic E-state index is 14.0. The van der Waals surface area contributed by atoms with E-state index in [1.807, 2.05) is 0 Å². The molecule has 0 saturated heterocycles. The first-order chi connectivity index (χ1) is 15.0. The van der Waals surface area contributed by atoms with Crippen LogP contribution in [0.4, 0.5) is 10.2 Å². The number of aryl methyl sites for hydroxylation is 1. The van der Waals surface area contributed by atoms with Crippen molar-refractivity contribution in [3.8, 4) is 0 Å². The molecule has 0 spiro atoms. The number of carbonyl (C=O) groups is 2. The second-order valence-electron chi connectivity index (χ2n) is 6.51. The molecule has 0 aliphatic carbocycles. The Bertz CT molecular complexity index is 1080. The van der Waals surface area contributed by atoms with E-state index in [-0.39, 0.29) is 29.3 Å². The Hall–Kier alpha value is -2.63. The van der Waals surface area contributed by atoms with Crippen molar-refractivity contribution >= 4 is 36.9 Å². The molecular weight excluding hydrogens is 462 g/mol. The van der Waals surface area contributed by atoms with E-state index in [0.717, 1.165) is 6.07 Å². The van der Waals surface area contributed by atoms with Crippen LogP contribution in [0.5, 0.6) is 0 Å². The average Bonchev–Trinajstić information content (AvgIpc) is 2.71. The van der Waals surface area contributed by atoms with E-state index >= 15 is 0 Å². The second kappa shape index (κ2) is 11.3. The van der Waals surface area contributed by atoms with E-state index < -0.39 is 25.4 Å². The van der Waals surface area contributed by atoms with Gasteiger partial charge in [-0.05, 0) is 37.7 Å².